The van der Waals surface area contributed by atoms with E-state index in [1.165, 1.54) is 16.7 Å². The minimum absolute atomic E-state index is 0.142. The molecule has 0 radical (unpaired) electrons. The van der Waals surface area contributed by atoms with E-state index in [1.54, 1.807) is 0 Å². The minimum Gasteiger partial charge on any atom is -0.355 e. The van der Waals surface area contributed by atoms with Crippen molar-refractivity contribution in [1.82, 2.24) is 10.2 Å². The van der Waals surface area contributed by atoms with E-state index >= 15 is 0 Å². The number of carbonyl (C=O) groups is 1. The van der Waals surface area contributed by atoms with Crippen molar-refractivity contribution in [2.45, 2.75) is 32.4 Å². The summed E-state index contributed by atoms with van der Waals surface area (Å²) in [6.45, 7) is 4.68. The first-order valence-electron chi connectivity index (χ1n) is 8.40. The molecule has 3 heteroatoms. The van der Waals surface area contributed by atoms with Gasteiger partial charge in [0.1, 0.15) is 0 Å². The second-order valence-corrected chi connectivity index (χ2v) is 6.07. The summed E-state index contributed by atoms with van der Waals surface area (Å²) in [5, 5.41) is 3.01. The molecule has 0 aliphatic carbocycles. The zero-order valence-electron chi connectivity index (χ0n) is 13.7. The normalized spacial score (nSPS) is 19.2. The zero-order valence-corrected chi connectivity index (χ0v) is 13.7. The molecule has 1 amide bonds. The summed E-state index contributed by atoms with van der Waals surface area (Å²) in [6, 6.07) is 19.1. The number of nitrogens with one attached hydrogen (secondary N) is 1. The van der Waals surface area contributed by atoms with E-state index in [0.29, 0.717) is 6.42 Å². The van der Waals surface area contributed by atoms with Gasteiger partial charge in [-0.2, -0.15) is 0 Å². The molecule has 0 spiro atoms. The fourth-order valence-electron chi connectivity index (χ4n) is 3.34. The van der Waals surface area contributed by atoms with Crippen LogP contribution in [0, 0.1) is 0 Å². The average Bonchev–Trinajstić information content (AvgIpc) is 2.78. The maximum Gasteiger partial charge on any atom is 0.221 e. The molecule has 0 aromatic heterocycles. The van der Waals surface area contributed by atoms with Gasteiger partial charge in [-0.3, -0.25) is 9.69 Å². The molecule has 0 bridgehead atoms. The lowest BCUT2D eigenvalue weighted by atomic mass is 9.99. The van der Waals surface area contributed by atoms with Gasteiger partial charge in [0, 0.05) is 32.1 Å². The molecule has 23 heavy (non-hydrogen) atoms. The van der Waals surface area contributed by atoms with Crippen LogP contribution < -0.4 is 5.32 Å². The highest BCUT2D eigenvalue weighted by Crippen LogP contribution is 2.28. The van der Waals surface area contributed by atoms with Crippen molar-refractivity contribution in [2.75, 3.05) is 13.1 Å². The molecule has 1 saturated heterocycles. The summed E-state index contributed by atoms with van der Waals surface area (Å²) in [5.41, 5.74) is 3.98. The van der Waals surface area contributed by atoms with Gasteiger partial charge in [-0.25, -0.2) is 0 Å². The van der Waals surface area contributed by atoms with Gasteiger partial charge in [0.15, 0.2) is 0 Å². The predicted molar refractivity (Wildman–Crippen MR) is 93.0 cm³/mol. The molecule has 3 nitrogen and oxygen atoms in total. The molecule has 3 rings (SSSR count). The Hall–Kier alpha value is -2.13. The number of aryl methyl sites for hydroxylation is 1. The molecule has 1 N–H and O–H groups in total. The van der Waals surface area contributed by atoms with Gasteiger partial charge in [-0.15, -0.1) is 0 Å². The maximum atomic E-state index is 12.1. The van der Waals surface area contributed by atoms with Crippen molar-refractivity contribution < 1.29 is 4.79 Å². The molecule has 1 fully saturated rings. The molecule has 0 saturated carbocycles. The fourth-order valence-corrected chi connectivity index (χ4v) is 3.34. The number of hydrogen-bond acceptors (Lipinski definition) is 2. The Morgan fingerprint density at radius 1 is 1.04 bits per heavy atom. The highest BCUT2D eigenvalue weighted by Gasteiger charge is 2.26. The third-order valence-corrected chi connectivity index (χ3v) is 4.60. The van der Waals surface area contributed by atoms with Crippen LogP contribution >= 0.6 is 0 Å². The number of nitrogens with zero attached hydrogens (tertiary/aromatic N) is 1. The molecule has 120 valence electrons. The standard InChI is InChI=1S/C20H24N2O/c1-2-16-8-6-7-11-18(16)15-22-13-12-21-20(23)14-19(22)17-9-4-3-5-10-17/h3-11,19H,2,12-15H2,1H3,(H,21,23). The molecule has 1 aliphatic rings. The number of benzene rings is 2. The first-order chi connectivity index (χ1) is 11.3. The Bertz CT molecular complexity index is 654. The SMILES string of the molecule is CCc1ccccc1CN1CCNC(=O)CC1c1ccccc1. The Morgan fingerprint density at radius 2 is 1.74 bits per heavy atom. The van der Waals surface area contributed by atoms with Crippen molar-refractivity contribution in [3.63, 3.8) is 0 Å². The summed E-state index contributed by atoms with van der Waals surface area (Å²) in [7, 11) is 0. The van der Waals surface area contributed by atoms with E-state index in [4.69, 9.17) is 0 Å². The zero-order chi connectivity index (χ0) is 16.1. The summed E-state index contributed by atoms with van der Waals surface area (Å²) in [4.78, 5) is 14.5. The van der Waals surface area contributed by atoms with E-state index < -0.39 is 0 Å². The summed E-state index contributed by atoms with van der Waals surface area (Å²) in [5.74, 6) is 0.144. The van der Waals surface area contributed by atoms with Gasteiger partial charge in [0.25, 0.3) is 0 Å². The van der Waals surface area contributed by atoms with Gasteiger partial charge in [0.2, 0.25) is 5.91 Å². The predicted octanol–water partition coefficient (Wildman–Crippen LogP) is 3.31. The second-order valence-electron chi connectivity index (χ2n) is 6.07. The fraction of sp³-hybridized carbons (Fsp3) is 0.350. The number of amides is 1. The van der Waals surface area contributed by atoms with Crippen LogP contribution in [0.15, 0.2) is 54.6 Å². The molecule has 1 aliphatic heterocycles. The first kappa shape index (κ1) is 15.8. The first-order valence-corrected chi connectivity index (χ1v) is 8.40. The topological polar surface area (TPSA) is 32.3 Å². The number of rotatable bonds is 4. The molecule has 1 heterocycles. The van der Waals surface area contributed by atoms with Crippen molar-refractivity contribution in [3.05, 3.63) is 71.3 Å². The van der Waals surface area contributed by atoms with Crippen LogP contribution in [0.4, 0.5) is 0 Å². The summed E-state index contributed by atoms with van der Waals surface area (Å²) >= 11 is 0. The van der Waals surface area contributed by atoms with Gasteiger partial charge in [-0.1, -0.05) is 61.5 Å². The highest BCUT2D eigenvalue weighted by atomic mass is 16.1. The van der Waals surface area contributed by atoms with Crippen LogP contribution in [0.2, 0.25) is 0 Å². The quantitative estimate of drug-likeness (QED) is 0.940. The minimum atomic E-state index is 0.142. The Morgan fingerprint density at radius 3 is 2.48 bits per heavy atom. The molecular formula is C20H24N2O. The Kier molecular flexibility index (Phi) is 5.09. The lowest BCUT2D eigenvalue weighted by molar-refractivity contribution is -0.121. The highest BCUT2D eigenvalue weighted by molar-refractivity contribution is 5.77. The van der Waals surface area contributed by atoms with Crippen molar-refractivity contribution in [2.24, 2.45) is 0 Å². The summed E-state index contributed by atoms with van der Waals surface area (Å²) in [6.07, 6.45) is 1.56. The second kappa shape index (κ2) is 7.42. The molecule has 1 unspecified atom stereocenters. The number of hydrogen-bond donors (Lipinski definition) is 1. The van der Waals surface area contributed by atoms with Crippen molar-refractivity contribution in [3.8, 4) is 0 Å². The van der Waals surface area contributed by atoms with E-state index in [2.05, 4.69) is 65.7 Å². The lowest BCUT2D eigenvalue weighted by Gasteiger charge is -2.30. The largest absolute Gasteiger partial charge is 0.355 e. The van der Waals surface area contributed by atoms with Crippen LogP contribution in [-0.4, -0.2) is 23.9 Å². The monoisotopic (exact) mass is 308 g/mol. The van der Waals surface area contributed by atoms with Gasteiger partial charge >= 0.3 is 0 Å². The third kappa shape index (κ3) is 3.80. The van der Waals surface area contributed by atoms with Gasteiger partial charge in [0.05, 0.1) is 0 Å². The maximum absolute atomic E-state index is 12.1. The van der Waals surface area contributed by atoms with Crippen LogP contribution in [0.1, 0.15) is 36.1 Å². The van der Waals surface area contributed by atoms with Gasteiger partial charge in [-0.05, 0) is 23.1 Å². The lowest BCUT2D eigenvalue weighted by Crippen LogP contribution is -2.30. The van der Waals surface area contributed by atoms with E-state index in [9.17, 15) is 4.79 Å². The van der Waals surface area contributed by atoms with E-state index in [1.807, 2.05) is 6.07 Å². The van der Waals surface area contributed by atoms with Gasteiger partial charge < -0.3 is 5.32 Å². The van der Waals surface area contributed by atoms with E-state index in [0.717, 1.165) is 26.1 Å². The Balaban J connectivity index is 1.88. The van der Waals surface area contributed by atoms with E-state index in [-0.39, 0.29) is 11.9 Å². The van der Waals surface area contributed by atoms with Crippen molar-refractivity contribution in [1.29, 1.82) is 0 Å². The van der Waals surface area contributed by atoms with Crippen LogP contribution in [0.3, 0.4) is 0 Å². The Labute approximate surface area is 138 Å². The van der Waals surface area contributed by atoms with Crippen molar-refractivity contribution >= 4 is 5.91 Å². The molecular weight excluding hydrogens is 284 g/mol. The number of carbonyl (C=O) groups excluding carboxylic acids is 1. The smallest absolute Gasteiger partial charge is 0.221 e. The molecule has 1 atom stereocenters. The molecule has 2 aromatic rings. The van der Waals surface area contributed by atoms with Crippen LogP contribution in [0.25, 0.3) is 0 Å². The summed E-state index contributed by atoms with van der Waals surface area (Å²) < 4.78 is 0. The van der Waals surface area contributed by atoms with Crippen LogP contribution in [0.5, 0.6) is 0 Å². The average molecular weight is 308 g/mol. The van der Waals surface area contributed by atoms with Crippen LogP contribution in [-0.2, 0) is 17.8 Å². The third-order valence-electron chi connectivity index (χ3n) is 4.60. The molecule has 2 aromatic carbocycles.